The molecular weight excluding hydrogens is 933 g/mol. The molecule has 0 spiro atoms. The van der Waals surface area contributed by atoms with Gasteiger partial charge in [-0.25, -0.2) is 0 Å². The summed E-state index contributed by atoms with van der Waals surface area (Å²) in [4.78, 5) is 2.47. The standard InChI is InChI=1S/C73H50N2Si/c1-4-23-53(24-5-1)73(67-37-15-10-32-61(67)62-33-11-16-38-68(62)73)54-25-21-28-57(49-54)74(58-46-47-70-66(50-58)63-34-12-17-39-69(63)75(70)55-26-6-2-7-27-55)56-44-42-51(43-45-56)52-22-20-31-60(48-52)76(59-29-8-3-9-30-59)71-40-18-13-35-64(71)65-36-14-19-41-72(65)76/h1-50H. The first kappa shape index (κ1) is 44.0. The van der Waals surface area contributed by atoms with Gasteiger partial charge >= 0.3 is 0 Å². The summed E-state index contributed by atoms with van der Waals surface area (Å²) in [6.07, 6.45) is 0. The van der Waals surface area contributed by atoms with Crippen molar-refractivity contribution in [1.29, 1.82) is 0 Å². The molecule has 0 fully saturated rings. The molecule has 12 aromatic carbocycles. The van der Waals surface area contributed by atoms with Crippen molar-refractivity contribution in [2.45, 2.75) is 5.41 Å². The zero-order valence-corrected chi connectivity index (χ0v) is 42.8. The fourth-order valence-electron chi connectivity index (χ4n) is 13.4. The first-order chi connectivity index (χ1) is 37.7. The minimum atomic E-state index is -2.67. The Morgan fingerprint density at radius 2 is 0.816 bits per heavy atom. The Bertz CT molecular complexity index is 4260. The van der Waals surface area contributed by atoms with E-state index >= 15 is 0 Å². The zero-order chi connectivity index (χ0) is 50.2. The third kappa shape index (κ3) is 6.46. The topological polar surface area (TPSA) is 8.17 Å². The highest BCUT2D eigenvalue weighted by Crippen LogP contribution is 2.56. The Morgan fingerprint density at radius 3 is 1.51 bits per heavy atom. The summed E-state index contributed by atoms with van der Waals surface area (Å²) in [5.74, 6) is 0. The van der Waals surface area contributed by atoms with Crippen LogP contribution in [0.4, 0.5) is 17.1 Å². The normalized spacial score (nSPS) is 13.5. The van der Waals surface area contributed by atoms with Crippen LogP contribution in [-0.4, -0.2) is 12.6 Å². The molecule has 3 heteroatoms. The van der Waals surface area contributed by atoms with Gasteiger partial charge in [-0.3, -0.25) is 0 Å². The van der Waals surface area contributed by atoms with Crippen molar-refractivity contribution in [2.24, 2.45) is 0 Å². The molecule has 2 aliphatic rings. The minimum absolute atomic E-state index is 0.543. The molecule has 15 rings (SSSR count). The summed E-state index contributed by atoms with van der Waals surface area (Å²) in [6.45, 7) is 0. The number of rotatable bonds is 9. The number of anilines is 3. The molecule has 0 saturated heterocycles. The summed E-state index contributed by atoms with van der Waals surface area (Å²) in [5.41, 5.74) is 18.9. The fraction of sp³-hybridized carbons (Fsp3) is 0.0137. The van der Waals surface area contributed by atoms with Gasteiger partial charge in [0.05, 0.1) is 16.4 Å². The van der Waals surface area contributed by atoms with Crippen molar-refractivity contribution < 1.29 is 0 Å². The lowest BCUT2D eigenvalue weighted by molar-refractivity contribution is 0.768. The molecule has 76 heavy (non-hydrogen) atoms. The molecule has 356 valence electrons. The first-order valence-electron chi connectivity index (χ1n) is 26.4. The van der Waals surface area contributed by atoms with E-state index in [1.54, 1.807) is 0 Å². The molecule has 2 nitrogen and oxygen atoms in total. The number of para-hydroxylation sites is 2. The highest BCUT2D eigenvalue weighted by Gasteiger charge is 2.49. The van der Waals surface area contributed by atoms with Crippen molar-refractivity contribution >= 4 is 67.7 Å². The average Bonchev–Trinajstić information content (AvgIpc) is 4.32. The Morgan fingerprint density at radius 1 is 0.303 bits per heavy atom. The van der Waals surface area contributed by atoms with Crippen LogP contribution in [0.5, 0.6) is 0 Å². The third-order valence-electron chi connectivity index (χ3n) is 16.5. The van der Waals surface area contributed by atoms with Crippen LogP contribution < -0.4 is 25.6 Å². The zero-order valence-electron chi connectivity index (χ0n) is 41.8. The summed E-state index contributed by atoms with van der Waals surface area (Å²) in [5, 5.41) is 8.13. The molecule has 2 heterocycles. The molecule has 0 radical (unpaired) electrons. The van der Waals surface area contributed by atoms with Gasteiger partial charge in [0.1, 0.15) is 0 Å². The van der Waals surface area contributed by atoms with Crippen LogP contribution in [0.1, 0.15) is 22.3 Å². The monoisotopic (exact) mass is 982 g/mol. The van der Waals surface area contributed by atoms with Crippen molar-refractivity contribution in [3.63, 3.8) is 0 Å². The Hall–Kier alpha value is -9.54. The molecule has 0 atom stereocenters. The van der Waals surface area contributed by atoms with Gasteiger partial charge in [0.25, 0.3) is 0 Å². The third-order valence-corrected chi connectivity index (χ3v) is 21.4. The Balaban J connectivity index is 0.917. The highest BCUT2D eigenvalue weighted by molar-refractivity contribution is 7.22. The second-order valence-electron chi connectivity index (χ2n) is 20.3. The summed E-state index contributed by atoms with van der Waals surface area (Å²) < 4.78 is 2.40. The number of hydrogen-bond acceptors (Lipinski definition) is 1. The second-order valence-corrected chi connectivity index (χ2v) is 24.0. The van der Waals surface area contributed by atoms with Crippen LogP contribution in [0.25, 0.3) is 60.9 Å². The van der Waals surface area contributed by atoms with Crippen molar-refractivity contribution in [3.8, 4) is 39.1 Å². The molecule has 0 unspecified atom stereocenters. The molecule has 1 aromatic heterocycles. The minimum Gasteiger partial charge on any atom is -0.310 e. The van der Waals surface area contributed by atoms with Crippen molar-refractivity contribution in [1.82, 2.24) is 4.57 Å². The van der Waals surface area contributed by atoms with E-state index < -0.39 is 13.5 Å². The van der Waals surface area contributed by atoms with E-state index in [1.165, 1.54) is 98.2 Å². The molecule has 0 amide bonds. The molecule has 0 N–H and O–H groups in total. The van der Waals surface area contributed by atoms with Gasteiger partial charge in [0.15, 0.2) is 8.07 Å². The van der Waals surface area contributed by atoms with Crippen LogP contribution in [-0.2, 0) is 5.41 Å². The van der Waals surface area contributed by atoms with E-state index in [-0.39, 0.29) is 0 Å². The Labute approximate surface area is 444 Å². The first-order valence-corrected chi connectivity index (χ1v) is 28.4. The van der Waals surface area contributed by atoms with Crippen LogP contribution in [0.15, 0.2) is 303 Å². The number of fused-ring (bicyclic) bond motifs is 9. The van der Waals surface area contributed by atoms with E-state index in [2.05, 4.69) is 313 Å². The van der Waals surface area contributed by atoms with E-state index in [4.69, 9.17) is 0 Å². The fourth-order valence-corrected chi connectivity index (χ4v) is 18.7. The molecular formula is C73H50N2Si. The smallest absolute Gasteiger partial charge is 0.180 e. The summed E-state index contributed by atoms with van der Waals surface area (Å²) in [6, 6.07) is 113. The number of nitrogens with zero attached hydrogens (tertiary/aromatic N) is 2. The van der Waals surface area contributed by atoms with Gasteiger partial charge in [-0.2, -0.15) is 0 Å². The average molecular weight is 983 g/mol. The summed E-state index contributed by atoms with van der Waals surface area (Å²) >= 11 is 0. The van der Waals surface area contributed by atoms with Crippen LogP contribution in [0.3, 0.4) is 0 Å². The van der Waals surface area contributed by atoms with Crippen LogP contribution in [0, 0.1) is 0 Å². The van der Waals surface area contributed by atoms with Crippen LogP contribution in [0.2, 0.25) is 0 Å². The Kier molecular flexibility index (Phi) is 10.2. The van der Waals surface area contributed by atoms with Crippen molar-refractivity contribution in [3.05, 3.63) is 326 Å². The van der Waals surface area contributed by atoms with E-state index in [0.29, 0.717) is 0 Å². The predicted octanol–water partition coefficient (Wildman–Crippen LogP) is 15.6. The predicted molar refractivity (Wildman–Crippen MR) is 321 cm³/mol. The quantitative estimate of drug-likeness (QED) is 0.131. The summed E-state index contributed by atoms with van der Waals surface area (Å²) in [7, 11) is -2.67. The van der Waals surface area contributed by atoms with E-state index in [1.807, 2.05) is 0 Å². The lowest BCUT2D eigenvalue weighted by atomic mass is 9.67. The second kappa shape index (κ2) is 17.6. The van der Waals surface area contributed by atoms with Gasteiger partial charge in [0.2, 0.25) is 0 Å². The van der Waals surface area contributed by atoms with Gasteiger partial charge < -0.3 is 9.47 Å². The molecule has 0 bridgehead atoms. The molecule has 13 aromatic rings. The van der Waals surface area contributed by atoms with Gasteiger partial charge in [-0.05, 0) is 137 Å². The molecule has 1 aliphatic carbocycles. The lowest BCUT2D eigenvalue weighted by Gasteiger charge is -2.35. The van der Waals surface area contributed by atoms with Gasteiger partial charge in [-0.1, -0.05) is 243 Å². The lowest BCUT2D eigenvalue weighted by Crippen LogP contribution is -2.72. The maximum atomic E-state index is 2.49. The largest absolute Gasteiger partial charge is 0.310 e. The highest BCUT2D eigenvalue weighted by atomic mass is 28.3. The molecule has 1 aliphatic heterocycles. The van der Waals surface area contributed by atoms with Gasteiger partial charge in [0, 0.05) is 33.5 Å². The number of aromatic nitrogens is 1. The van der Waals surface area contributed by atoms with E-state index in [9.17, 15) is 0 Å². The number of benzene rings is 12. The number of hydrogen-bond donors (Lipinski definition) is 0. The van der Waals surface area contributed by atoms with E-state index in [0.717, 1.165) is 22.7 Å². The van der Waals surface area contributed by atoms with Crippen molar-refractivity contribution in [2.75, 3.05) is 4.90 Å². The van der Waals surface area contributed by atoms with Gasteiger partial charge in [-0.15, -0.1) is 0 Å². The van der Waals surface area contributed by atoms with Crippen LogP contribution >= 0.6 is 0 Å². The SMILES string of the molecule is c1ccc(-n2c3ccccc3c3cc(N(c4ccc(-c5cccc([Si]6(c7ccccc7)c7ccccc7-c7ccccc76)c5)cc4)c4cccc(C5(c6ccccc6)c6ccccc6-c6ccccc65)c4)ccc32)cc1. The maximum Gasteiger partial charge on any atom is 0.180 e. The maximum absolute atomic E-state index is 2.67. The molecule has 0 saturated carbocycles.